The van der Waals surface area contributed by atoms with Crippen LogP contribution in [0.25, 0.3) is 0 Å². The zero-order valence-corrected chi connectivity index (χ0v) is 21.7. The zero-order valence-electron chi connectivity index (χ0n) is 19.4. The number of hydrogen-bond donors (Lipinski definition) is 2. The number of aliphatic imine (C=N–C) groups is 1. The van der Waals surface area contributed by atoms with Crippen molar-refractivity contribution in [1.29, 1.82) is 0 Å². The average molecular weight is 527 g/mol. The number of nitrogens with zero attached hydrogens (tertiary/aromatic N) is 4. The fourth-order valence-electron chi connectivity index (χ4n) is 3.98. The lowest BCUT2D eigenvalue weighted by molar-refractivity contribution is 0.219. The Hall–Kier alpha value is -1.61. The van der Waals surface area contributed by atoms with Gasteiger partial charge in [0.05, 0.1) is 11.7 Å². The Morgan fingerprint density at radius 2 is 1.73 bits per heavy atom. The first-order valence-electron chi connectivity index (χ1n) is 10.9. The molecule has 1 aromatic heterocycles. The Balaban J connectivity index is 0.00000450. The molecule has 30 heavy (non-hydrogen) atoms. The van der Waals surface area contributed by atoms with E-state index in [-0.39, 0.29) is 24.0 Å². The number of guanidine groups is 1. The van der Waals surface area contributed by atoms with Gasteiger partial charge in [0.15, 0.2) is 5.96 Å². The fraction of sp³-hybridized carbons (Fsp3) is 0.565. The lowest BCUT2D eigenvalue weighted by Crippen LogP contribution is -2.43. The molecule has 0 spiro atoms. The first-order chi connectivity index (χ1) is 14.1. The van der Waals surface area contributed by atoms with E-state index in [1.807, 2.05) is 18.8 Å². The van der Waals surface area contributed by atoms with Crippen LogP contribution in [0.1, 0.15) is 56.3 Å². The van der Waals surface area contributed by atoms with Gasteiger partial charge in [0, 0.05) is 38.4 Å². The van der Waals surface area contributed by atoms with Gasteiger partial charge in [-0.3, -0.25) is 14.6 Å². The predicted octanol–water partition coefficient (Wildman–Crippen LogP) is 3.91. The van der Waals surface area contributed by atoms with Crippen LogP contribution in [-0.2, 0) is 26.4 Å². The molecule has 7 heteroatoms. The molecule has 0 aliphatic carbocycles. The van der Waals surface area contributed by atoms with E-state index < -0.39 is 0 Å². The molecule has 168 valence electrons. The molecule has 0 aliphatic rings. The first-order valence-corrected chi connectivity index (χ1v) is 10.9. The molecule has 2 aromatic rings. The molecule has 6 nitrogen and oxygen atoms in total. The molecule has 1 heterocycles. The Kier molecular flexibility index (Phi) is 12.0. The summed E-state index contributed by atoms with van der Waals surface area (Å²) in [5.41, 5.74) is 5.07. The summed E-state index contributed by atoms with van der Waals surface area (Å²) in [6.07, 6.45) is 1.92. The van der Waals surface area contributed by atoms with Crippen molar-refractivity contribution >= 4 is 29.9 Å². The summed E-state index contributed by atoms with van der Waals surface area (Å²) >= 11 is 0. The maximum atomic E-state index is 4.67. The second-order valence-electron chi connectivity index (χ2n) is 7.16. The van der Waals surface area contributed by atoms with Crippen LogP contribution in [0.2, 0.25) is 0 Å². The predicted molar refractivity (Wildman–Crippen MR) is 138 cm³/mol. The van der Waals surface area contributed by atoms with Gasteiger partial charge in [0.25, 0.3) is 0 Å². The standard InChI is InChI=1S/C23H38N6.HI/c1-7-20-19(21(8-2)28(6)27-20)16-25-23(24-5)26-17-22(29(9-3)10-4)18-14-12-11-13-15-18;/h11-15,22H,7-10,16-17H2,1-6H3,(H2,24,25,26);1H. The van der Waals surface area contributed by atoms with E-state index in [9.17, 15) is 0 Å². The molecule has 0 saturated carbocycles. The topological polar surface area (TPSA) is 57.5 Å². The third-order valence-corrected chi connectivity index (χ3v) is 5.58. The Morgan fingerprint density at radius 1 is 1.07 bits per heavy atom. The number of nitrogens with one attached hydrogen (secondary N) is 2. The number of halogens is 1. The van der Waals surface area contributed by atoms with Gasteiger partial charge in [-0.1, -0.05) is 58.0 Å². The lowest BCUT2D eigenvalue weighted by Gasteiger charge is -2.30. The van der Waals surface area contributed by atoms with E-state index in [2.05, 4.69) is 83.7 Å². The van der Waals surface area contributed by atoms with E-state index in [0.717, 1.165) is 50.7 Å². The van der Waals surface area contributed by atoms with Crippen LogP contribution in [0.4, 0.5) is 0 Å². The van der Waals surface area contributed by atoms with E-state index in [1.165, 1.54) is 16.8 Å². The van der Waals surface area contributed by atoms with Crippen LogP contribution in [0.3, 0.4) is 0 Å². The molecule has 0 aliphatic heterocycles. The van der Waals surface area contributed by atoms with Crippen LogP contribution in [-0.4, -0.2) is 47.3 Å². The highest BCUT2D eigenvalue weighted by Crippen LogP contribution is 2.19. The van der Waals surface area contributed by atoms with Crippen molar-refractivity contribution in [2.24, 2.45) is 12.0 Å². The van der Waals surface area contributed by atoms with Crippen LogP contribution in [0.5, 0.6) is 0 Å². The second kappa shape index (κ2) is 13.6. The summed E-state index contributed by atoms with van der Waals surface area (Å²) in [5, 5.41) is 11.7. The van der Waals surface area contributed by atoms with Gasteiger partial charge in [-0.2, -0.15) is 5.10 Å². The van der Waals surface area contributed by atoms with Crippen molar-refractivity contribution in [3.8, 4) is 0 Å². The van der Waals surface area contributed by atoms with Gasteiger partial charge < -0.3 is 10.6 Å². The monoisotopic (exact) mass is 526 g/mol. The van der Waals surface area contributed by atoms with E-state index in [0.29, 0.717) is 6.04 Å². The average Bonchev–Trinajstić information content (AvgIpc) is 3.08. The number of aryl methyl sites for hydroxylation is 2. The third-order valence-electron chi connectivity index (χ3n) is 5.58. The quantitative estimate of drug-likeness (QED) is 0.280. The summed E-state index contributed by atoms with van der Waals surface area (Å²) in [7, 11) is 3.86. The normalized spacial score (nSPS) is 12.6. The highest BCUT2D eigenvalue weighted by atomic mass is 127. The van der Waals surface area contributed by atoms with Gasteiger partial charge in [-0.15, -0.1) is 24.0 Å². The maximum absolute atomic E-state index is 4.67. The van der Waals surface area contributed by atoms with Crippen molar-refractivity contribution in [2.45, 2.75) is 53.1 Å². The van der Waals surface area contributed by atoms with Gasteiger partial charge >= 0.3 is 0 Å². The van der Waals surface area contributed by atoms with E-state index in [4.69, 9.17) is 0 Å². The highest BCUT2D eigenvalue weighted by Gasteiger charge is 2.19. The molecule has 0 radical (unpaired) electrons. The second-order valence-corrected chi connectivity index (χ2v) is 7.16. The van der Waals surface area contributed by atoms with E-state index >= 15 is 0 Å². The van der Waals surface area contributed by atoms with Crippen molar-refractivity contribution < 1.29 is 0 Å². The fourth-order valence-corrected chi connectivity index (χ4v) is 3.98. The van der Waals surface area contributed by atoms with Crippen LogP contribution in [0, 0.1) is 0 Å². The van der Waals surface area contributed by atoms with Gasteiger partial charge in [0.1, 0.15) is 0 Å². The summed E-state index contributed by atoms with van der Waals surface area (Å²) in [4.78, 5) is 6.92. The third kappa shape index (κ3) is 6.70. The molecule has 2 N–H and O–H groups in total. The highest BCUT2D eigenvalue weighted by molar-refractivity contribution is 14.0. The zero-order chi connectivity index (χ0) is 21.2. The Bertz CT molecular complexity index is 768. The minimum absolute atomic E-state index is 0. The summed E-state index contributed by atoms with van der Waals surface area (Å²) in [5.74, 6) is 0.825. The van der Waals surface area contributed by atoms with Crippen LogP contribution < -0.4 is 10.6 Å². The lowest BCUT2D eigenvalue weighted by atomic mass is 10.1. The minimum Gasteiger partial charge on any atom is -0.354 e. The Labute approximate surface area is 199 Å². The summed E-state index contributed by atoms with van der Waals surface area (Å²) in [6.45, 7) is 12.3. The Morgan fingerprint density at radius 3 is 2.27 bits per heavy atom. The SMILES string of the molecule is CCc1nn(C)c(CC)c1CNC(=NC)NCC(c1ccccc1)N(CC)CC.I. The van der Waals surface area contributed by atoms with Gasteiger partial charge in [-0.25, -0.2) is 0 Å². The molecular weight excluding hydrogens is 487 g/mol. The van der Waals surface area contributed by atoms with Crippen LogP contribution >= 0.6 is 24.0 Å². The number of hydrogen-bond acceptors (Lipinski definition) is 3. The van der Waals surface area contributed by atoms with Crippen molar-refractivity contribution in [3.05, 3.63) is 52.8 Å². The largest absolute Gasteiger partial charge is 0.354 e. The molecule has 0 fully saturated rings. The summed E-state index contributed by atoms with van der Waals surface area (Å²) < 4.78 is 2.01. The molecule has 0 bridgehead atoms. The van der Waals surface area contributed by atoms with Gasteiger partial charge in [-0.05, 0) is 31.5 Å². The molecule has 0 saturated heterocycles. The molecule has 1 aromatic carbocycles. The van der Waals surface area contributed by atoms with Crippen LogP contribution in [0.15, 0.2) is 35.3 Å². The first kappa shape index (κ1) is 26.4. The van der Waals surface area contributed by atoms with Crippen molar-refractivity contribution in [1.82, 2.24) is 25.3 Å². The maximum Gasteiger partial charge on any atom is 0.191 e. The van der Waals surface area contributed by atoms with Crippen molar-refractivity contribution in [2.75, 3.05) is 26.7 Å². The number of aromatic nitrogens is 2. The van der Waals surface area contributed by atoms with E-state index in [1.54, 1.807) is 0 Å². The number of rotatable bonds is 10. The molecule has 2 rings (SSSR count). The molecule has 1 atom stereocenters. The molecular formula is C23H39IN6. The minimum atomic E-state index is 0. The number of benzene rings is 1. The smallest absolute Gasteiger partial charge is 0.191 e. The molecule has 0 amide bonds. The molecule has 1 unspecified atom stereocenters. The van der Waals surface area contributed by atoms with Gasteiger partial charge in [0.2, 0.25) is 0 Å². The van der Waals surface area contributed by atoms with Crippen molar-refractivity contribution in [3.63, 3.8) is 0 Å². The summed E-state index contributed by atoms with van der Waals surface area (Å²) in [6, 6.07) is 11.0. The number of likely N-dealkylation sites (N-methyl/N-ethyl adjacent to an activating group) is 1.